The lowest BCUT2D eigenvalue weighted by Crippen LogP contribution is -2.09. The molecular weight excluding hydrogens is 508 g/mol. The molecule has 170 valence electrons. The first-order valence-corrected chi connectivity index (χ1v) is 13.2. The summed E-state index contributed by atoms with van der Waals surface area (Å²) in [5.41, 5.74) is 2.91. The average Bonchev–Trinajstić information content (AvgIpc) is 3.55. The summed E-state index contributed by atoms with van der Waals surface area (Å²) < 4.78 is 0. The van der Waals surface area contributed by atoms with Crippen LogP contribution in [0.25, 0.3) is 21.1 Å². The van der Waals surface area contributed by atoms with Crippen molar-refractivity contribution in [2.24, 2.45) is 0 Å². The minimum Gasteiger partial charge on any atom is -0.396 e. The van der Waals surface area contributed by atoms with Gasteiger partial charge in [0.25, 0.3) is 0 Å². The average molecular weight is 525 g/mol. The fraction of sp³-hybridized carbons (Fsp3) is 0.174. The number of aliphatic hydroxyl groups is 1. The maximum Gasteiger partial charge on any atom is 0.146 e. The molecule has 1 aromatic carbocycles. The van der Waals surface area contributed by atoms with Gasteiger partial charge in [-0.1, -0.05) is 35.5 Å². The van der Waals surface area contributed by atoms with Crippen molar-refractivity contribution < 1.29 is 5.11 Å². The Hall–Kier alpha value is -2.99. The zero-order valence-corrected chi connectivity index (χ0v) is 20.9. The number of aromatic nitrogens is 3. The van der Waals surface area contributed by atoms with Crippen molar-refractivity contribution in [1.82, 2.24) is 15.0 Å². The van der Waals surface area contributed by atoms with Crippen LogP contribution in [0.4, 0.5) is 5.82 Å². The molecule has 3 aromatic heterocycles. The molecule has 0 atom stereocenters. The third-order valence-corrected chi connectivity index (χ3v) is 7.65. The topological polar surface area (TPSA) is 119 Å². The predicted octanol–water partition coefficient (Wildman–Crippen LogP) is 5.81. The molecule has 2 N–H and O–H groups in total. The third-order valence-electron chi connectivity index (χ3n) is 4.66. The molecular formula is C23H17ClN6OS3. The second kappa shape index (κ2) is 11.4. The standard InChI is InChI=1S/C23H17ClN6OS3/c24-15-4-2-14(3-5-15)21-29-16(12-33-21)13-34-22-18(11-26)19(23-28-7-9-32-23)17(10-25)20(30-22)27-6-1-8-31/h2-5,7,9,12,31H,1,6,8,13H2,(H,27,30). The number of aliphatic hydroxyl groups excluding tert-OH is 1. The molecule has 0 saturated carbocycles. The highest BCUT2D eigenvalue weighted by Crippen LogP contribution is 2.38. The molecule has 3 heterocycles. The van der Waals surface area contributed by atoms with Crippen LogP contribution in [0.2, 0.25) is 5.02 Å². The van der Waals surface area contributed by atoms with Crippen LogP contribution in [0.3, 0.4) is 0 Å². The zero-order valence-electron chi connectivity index (χ0n) is 17.7. The number of thioether (sulfide) groups is 1. The molecule has 0 unspecified atom stereocenters. The quantitative estimate of drug-likeness (QED) is 0.208. The van der Waals surface area contributed by atoms with Gasteiger partial charge in [0.05, 0.1) is 16.8 Å². The zero-order chi connectivity index (χ0) is 23.9. The lowest BCUT2D eigenvalue weighted by Gasteiger charge is -2.14. The Morgan fingerprint density at radius 3 is 2.53 bits per heavy atom. The summed E-state index contributed by atoms with van der Waals surface area (Å²) in [6.07, 6.45) is 2.15. The van der Waals surface area contributed by atoms with Crippen LogP contribution >= 0.6 is 46.0 Å². The van der Waals surface area contributed by atoms with Crippen molar-refractivity contribution in [3.63, 3.8) is 0 Å². The number of nitrogens with zero attached hydrogens (tertiary/aromatic N) is 5. The molecule has 0 spiro atoms. The van der Waals surface area contributed by atoms with Crippen molar-refractivity contribution in [2.45, 2.75) is 17.2 Å². The fourth-order valence-electron chi connectivity index (χ4n) is 3.10. The monoisotopic (exact) mass is 524 g/mol. The first kappa shape index (κ1) is 24.1. The van der Waals surface area contributed by atoms with Gasteiger partial charge in [-0.2, -0.15) is 10.5 Å². The number of hydrogen-bond acceptors (Lipinski definition) is 10. The van der Waals surface area contributed by atoms with E-state index in [0.717, 1.165) is 16.3 Å². The SMILES string of the molecule is N#Cc1c(NCCCO)nc(SCc2csc(-c3ccc(Cl)cc3)n2)c(C#N)c1-c1nccs1. The van der Waals surface area contributed by atoms with Crippen LogP contribution in [0.15, 0.2) is 46.2 Å². The highest BCUT2D eigenvalue weighted by Gasteiger charge is 2.23. The molecule has 34 heavy (non-hydrogen) atoms. The highest BCUT2D eigenvalue weighted by atomic mass is 35.5. The van der Waals surface area contributed by atoms with Gasteiger partial charge in [-0.3, -0.25) is 0 Å². The molecule has 0 aliphatic heterocycles. The number of hydrogen-bond donors (Lipinski definition) is 2. The Kier molecular flexibility index (Phi) is 8.12. The van der Waals surface area contributed by atoms with Gasteiger partial charge in [0.2, 0.25) is 0 Å². The molecule has 0 bridgehead atoms. The second-order valence-corrected chi connectivity index (χ2v) is 10.0. The van der Waals surface area contributed by atoms with Gasteiger partial charge in [-0.25, -0.2) is 15.0 Å². The largest absolute Gasteiger partial charge is 0.396 e. The summed E-state index contributed by atoms with van der Waals surface area (Å²) in [5.74, 6) is 0.883. The maximum absolute atomic E-state index is 9.98. The van der Waals surface area contributed by atoms with Crippen LogP contribution < -0.4 is 5.32 Å². The first-order valence-electron chi connectivity index (χ1n) is 10.1. The molecule has 0 aliphatic rings. The molecule has 0 radical (unpaired) electrons. The van der Waals surface area contributed by atoms with Crippen molar-refractivity contribution >= 4 is 51.9 Å². The number of thiazole rings is 2. The van der Waals surface area contributed by atoms with Crippen LogP contribution in [0.1, 0.15) is 23.2 Å². The Morgan fingerprint density at radius 1 is 1.06 bits per heavy atom. The van der Waals surface area contributed by atoms with Crippen LogP contribution in [-0.4, -0.2) is 33.2 Å². The summed E-state index contributed by atoms with van der Waals surface area (Å²) >= 11 is 10.3. The van der Waals surface area contributed by atoms with Crippen molar-refractivity contribution in [3.05, 3.63) is 63.1 Å². The van der Waals surface area contributed by atoms with E-state index in [1.54, 1.807) is 11.6 Å². The summed E-state index contributed by atoms with van der Waals surface area (Å²) in [6.45, 7) is 0.466. The normalized spacial score (nSPS) is 10.6. The van der Waals surface area contributed by atoms with Gasteiger partial charge in [0, 0.05) is 46.4 Å². The Labute approximate surface area is 213 Å². The summed E-state index contributed by atoms with van der Waals surface area (Å²) in [4.78, 5) is 13.7. The lowest BCUT2D eigenvalue weighted by molar-refractivity contribution is 0.292. The summed E-state index contributed by atoms with van der Waals surface area (Å²) in [6, 6.07) is 11.9. The van der Waals surface area contributed by atoms with Gasteiger partial charge in [-0.15, -0.1) is 22.7 Å². The van der Waals surface area contributed by atoms with Gasteiger partial charge in [-0.05, 0) is 18.6 Å². The molecule has 0 aliphatic carbocycles. The van der Waals surface area contributed by atoms with Crippen molar-refractivity contribution in [1.29, 1.82) is 10.5 Å². The van der Waals surface area contributed by atoms with E-state index in [9.17, 15) is 10.5 Å². The van der Waals surface area contributed by atoms with Gasteiger partial charge >= 0.3 is 0 Å². The van der Waals surface area contributed by atoms with Crippen LogP contribution in [0.5, 0.6) is 0 Å². The number of benzene rings is 1. The van der Waals surface area contributed by atoms with E-state index in [1.165, 1.54) is 34.4 Å². The number of pyridine rings is 1. The molecule has 0 fully saturated rings. The number of nitrogens with one attached hydrogen (secondary N) is 1. The first-order chi connectivity index (χ1) is 16.6. The van der Waals surface area contributed by atoms with E-state index < -0.39 is 0 Å². The number of halogens is 1. The number of nitriles is 2. The smallest absolute Gasteiger partial charge is 0.146 e. The second-order valence-electron chi connectivity index (χ2n) is 6.89. The maximum atomic E-state index is 9.98. The van der Waals surface area contributed by atoms with E-state index in [-0.39, 0.29) is 12.2 Å². The fourth-order valence-corrected chi connectivity index (χ4v) is 5.73. The van der Waals surface area contributed by atoms with E-state index in [0.29, 0.717) is 50.7 Å². The Morgan fingerprint density at radius 2 is 1.85 bits per heavy atom. The van der Waals surface area contributed by atoms with Gasteiger partial charge in [0.1, 0.15) is 38.6 Å². The molecule has 4 aromatic rings. The number of anilines is 1. The number of rotatable bonds is 9. The van der Waals surface area contributed by atoms with Crippen LogP contribution in [0, 0.1) is 22.7 Å². The van der Waals surface area contributed by atoms with Gasteiger partial charge in [0.15, 0.2) is 0 Å². The predicted molar refractivity (Wildman–Crippen MR) is 137 cm³/mol. The van der Waals surface area contributed by atoms with Crippen LogP contribution in [-0.2, 0) is 5.75 Å². The molecule has 11 heteroatoms. The summed E-state index contributed by atoms with van der Waals surface area (Å²) in [7, 11) is 0. The van der Waals surface area contributed by atoms with E-state index in [2.05, 4.69) is 27.4 Å². The molecule has 7 nitrogen and oxygen atoms in total. The van der Waals surface area contributed by atoms with Crippen molar-refractivity contribution in [2.75, 3.05) is 18.5 Å². The summed E-state index contributed by atoms with van der Waals surface area (Å²) in [5, 5.41) is 38.5. The van der Waals surface area contributed by atoms with E-state index in [4.69, 9.17) is 21.7 Å². The Balaban J connectivity index is 1.66. The van der Waals surface area contributed by atoms with E-state index >= 15 is 0 Å². The lowest BCUT2D eigenvalue weighted by atomic mass is 10.1. The minimum atomic E-state index is 0.0197. The Bertz CT molecular complexity index is 1360. The van der Waals surface area contributed by atoms with E-state index in [1.807, 2.05) is 29.6 Å². The minimum absolute atomic E-state index is 0.0197. The highest BCUT2D eigenvalue weighted by molar-refractivity contribution is 7.98. The molecule has 0 amide bonds. The third kappa shape index (κ3) is 5.39. The molecule has 4 rings (SSSR count). The van der Waals surface area contributed by atoms with Crippen molar-refractivity contribution in [3.8, 4) is 33.3 Å². The molecule has 0 saturated heterocycles. The van der Waals surface area contributed by atoms with Gasteiger partial charge < -0.3 is 10.4 Å².